The third-order valence-corrected chi connectivity index (χ3v) is 7.49. The summed E-state index contributed by atoms with van der Waals surface area (Å²) < 4.78 is 0. The average molecular weight is 495 g/mol. The summed E-state index contributed by atoms with van der Waals surface area (Å²) in [6, 6.07) is 28.7. The van der Waals surface area contributed by atoms with Crippen LogP contribution in [0.3, 0.4) is 0 Å². The molecule has 0 unspecified atom stereocenters. The average Bonchev–Trinajstić information content (AvgIpc) is 2.94. The van der Waals surface area contributed by atoms with Gasteiger partial charge >= 0.3 is 0 Å². The number of nitrogens with one attached hydrogen (secondary N) is 1. The van der Waals surface area contributed by atoms with Crippen molar-refractivity contribution >= 4 is 5.91 Å². The molecule has 1 aliphatic rings. The number of fused-ring (bicyclic) bond motifs is 1. The molecule has 0 aromatic heterocycles. The van der Waals surface area contributed by atoms with E-state index in [1.807, 2.05) is 62.6 Å². The zero-order chi connectivity index (χ0) is 26.1. The van der Waals surface area contributed by atoms with Gasteiger partial charge in [-0.15, -0.1) is 0 Å². The third-order valence-electron chi connectivity index (χ3n) is 7.49. The monoisotopic (exact) mass is 494 g/mol. The van der Waals surface area contributed by atoms with Crippen LogP contribution in [-0.2, 0) is 23.2 Å². The number of benzene rings is 3. The number of amides is 1. The van der Waals surface area contributed by atoms with Gasteiger partial charge in [0.15, 0.2) is 0 Å². The molecule has 5 nitrogen and oxygen atoms in total. The highest BCUT2D eigenvalue weighted by molar-refractivity contribution is 5.91. The van der Waals surface area contributed by atoms with Crippen molar-refractivity contribution in [2.24, 2.45) is 0 Å². The Morgan fingerprint density at radius 1 is 0.946 bits per heavy atom. The number of hydrogen-bond donors (Lipinski definition) is 1. The van der Waals surface area contributed by atoms with Crippen LogP contribution in [0.4, 0.5) is 0 Å². The van der Waals surface area contributed by atoms with E-state index < -0.39 is 5.41 Å². The molecule has 0 atom stereocenters. The van der Waals surface area contributed by atoms with E-state index >= 15 is 0 Å². The lowest BCUT2D eigenvalue weighted by molar-refractivity contribution is -0.133. The van der Waals surface area contributed by atoms with Crippen LogP contribution in [0.1, 0.15) is 47.1 Å². The number of carbonyl (C=O) groups excluding carboxylic acids is 1. The maximum Gasteiger partial charge on any atom is 0.237 e. The molecule has 3 aromatic rings. The second kappa shape index (κ2) is 12.7. The van der Waals surface area contributed by atoms with Crippen molar-refractivity contribution in [3.8, 4) is 6.07 Å². The highest BCUT2D eigenvalue weighted by atomic mass is 16.2. The summed E-state index contributed by atoms with van der Waals surface area (Å²) in [7, 11) is 3.69. The van der Waals surface area contributed by atoms with Crippen molar-refractivity contribution in [1.29, 1.82) is 5.26 Å². The summed E-state index contributed by atoms with van der Waals surface area (Å²) in [6.07, 6.45) is 3.97. The van der Waals surface area contributed by atoms with Crippen LogP contribution in [0.15, 0.2) is 78.9 Å². The molecule has 0 radical (unpaired) electrons. The summed E-state index contributed by atoms with van der Waals surface area (Å²) >= 11 is 0. The van der Waals surface area contributed by atoms with Gasteiger partial charge in [0.05, 0.1) is 11.6 Å². The van der Waals surface area contributed by atoms with Gasteiger partial charge in [-0.05, 0) is 79.7 Å². The Morgan fingerprint density at radius 3 is 2.24 bits per heavy atom. The second-order valence-corrected chi connectivity index (χ2v) is 10.2. The summed E-state index contributed by atoms with van der Waals surface area (Å²) in [4.78, 5) is 17.9. The molecule has 1 amide bonds. The van der Waals surface area contributed by atoms with Gasteiger partial charge in [-0.25, -0.2) is 0 Å². The van der Waals surface area contributed by atoms with Gasteiger partial charge < -0.3 is 10.2 Å². The number of carbonyl (C=O) groups is 1. The maximum atomic E-state index is 13.7. The Labute approximate surface area is 221 Å². The predicted molar refractivity (Wildman–Crippen MR) is 149 cm³/mol. The Kier molecular flexibility index (Phi) is 9.11. The van der Waals surface area contributed by atoms with Gasteiger partial charge in [-0.2, -0.15) is 5.26 Å². The van der Waals surface area contributed by atoms with Crippen molar-refractivity contribution < 1.29 is 4.79 Å². The van der Waals surface area contributed by atoms with Crippen LogP contribution in [0.5, 0.6) is 0 Å². The van der Waals surface area contributed by atoms with Gasteiger partial charge in [0.2, 0.25) is 5.91 Å². The smallest absolute Gasteiger partial charge is 0.237 e. The lowest BCUT2D eigenvalue weighted by Gasteiger charge is -2.36. The fourth-order valence-electron chi connectivity index (χ4n) is 5.50. The summed E-state index contributed by atoms with van der Waals surface area (Å²) in [5, 5.41) is 12.8. The van der Waals surface area contributed by atoms with E-state index in [1.54, 1.807) is 4.90 Å². The number of hydrogen-bond acceptors (Lipinski definition) is 4. The van der Waals surface area contributed by atoms with Gasteiger partial charge in [0, 0.05) is 27.2 Å². The lowest BCUT2D eigenvalue weighted by Crippen LogP contribution is -2.46. The van der Waals surface area contributed by atoms with Gasteiger partial charge in [0.1, 0.15) is 5.41 Å². The zero-order valence-corrected chi connectivity index (χ0v) is 22.1. The Hall–Kier alpha value is -3.46. The maximum absolute atomic E-state index is 13.7. The third kappa shape index (κ3) is 6.28. The van der Waals surface area contributed by atoms with Gasteiger partial charge in [0.25, 0.3) is 0 Å². The Bertz CT molecular complexity index is 1160. The second-order valence-electron chi connectivity index (χ2n) is 10.2. The normalized spacial score (nSPS) is 13.5. The summed E-state index contributed by atoms with van der Waals surface area (Å²) in [5.74, 6) is 0.108. The molecule has 5 heteroatoms. The van der Waals surface area contributed by atoms with E-state index in [9.17, 15) is 10.1 Å². The van der Waals surface area contributed by atoms with Crippen molar-refractivity contribution in [3.63, 3.8) is 0 Å². The van der Waals surface area contributed by atoms with E-state index in [-0.39, 0.29) is 5.91 Å². The minimum atomic E-state index is -0.720. The highest BCUT2D eigenvalue weighted by Crippen LogP contribution is 2.37. The van der Waals surface area contributed by atoms with Crippen LogP contribution in [0.2, 0.25) is 0 Å². The number of rotatable bonds is 11. The number of likely N-dealkylation sites (N-methyl/N-ethyl adjacent to an activating group) is 1. The molecule has 1 heterocycles. The fourth-order valence-corrected chi connectivity index (χ4v) is 5.50. The molecular formula is C32H38N4O. The molecule has 0 saturated carbocycles. The SMILES string of the molecule is CN(C)C(=O)C(CCNCCCCN1CCc2ccc(C#N)cc2C1)(c1ccccc1)c1ccccc1. The van der Waals surface area contributed by atoms with E-state index in [2.05, 4.69) is 46.6 Å². The lowest BCUT2D eigenvalue weighted by atomic mass is 9.71. The topological polar surface area (TPSA) is 59.4 Å². The molecule has 1 aliphatic heterocycles. The van der Waals surface area contributed by atoms with Crippen LogP contribution >= 0.6 is 0 Å². The molecule has 3 aromatic carbocycles. The quantitative estimate of drug-likeness (QED) is 0.391. The number of nitriles is 1. The summed E-state index contributed by atoms with van der Waals surface area (Å²) in [6.45, 7) is 4.77. The van der Waals surface area contributed by atoms with E-state index in [0.29, 0.717) is 6.42 Å². The predicted octanol–water partition coefficient (Wildman–Crippen LogP) is 4.75. The molecule has 0 spiro atoms. The van der Waals surface area contributed by atoms with Crippen molar-refractivity contribution in [2.75, 3.05) is 40.3 Å². The summed E-state index contributed by atoms with van der Waals surface area (Å²) in [5.41, 5.74) is 4.78. The highest BCUT2D eigenvalue weighted by Gasteiger charge is 2.42. The first kappa shape index (κ1) is 26.6. The molecular weight excluding hydrogens is 456 g/mol. The van der Waals surface area contributed by atoms with Crippen LogP contribution in [-0.4, -0.2) is 56.0 Å². The Morgan fingerprint density at radius 2 is 1.62 bits per heavy atom. The van der Waals surface area contributed by atoms with Crippen molar-refractivity contribution in [1.82, 2.24) is 15.1 Å². The van der Waals surface area contributed by atoms with Crippen molar-refractivity contribution in [3.05, 3.63) is 107 Å². The Balaban J connectivity index is 1.32. The van der Waals surface area contributed by atoms with Crippen LogP contribution in [0, 0.1) is 11.3 Å². The molecule has 0 aliphatic carbocycles. The molecule has 1 N–H and O–H groups in total. The molecule has 0 fully saturated rings. The first-order valence-corrected chi connectivity index (χ1v) is 13.3. The van der Waals surface area contributed by atoms with E-state index in [0.717, 1.165) is 68.7 Å². The number of nitrogens with zero attached hydrogens (tertiary/aromatic N) is 3. The zero-order valence-electron chi connectivity index (χ0n) is 22.1. The van der Waals surface area contributed by atoms with Crippen LogP contribution in [0.25, 0.3) is 0 Å². The molecule has 4 rings (SSSR count). The standard InChI is InChI=1S/C32H38N4O/c1-35(2)31(37)32(29-11-5-3-6-12-29,30-13-7-4-8-14-30)18-20-34-19-9-10-21-36-22-17-27-16-15-26(24-33)23-28(27)25-36/h3-8,11-16,23,34H,9-10,17-22,25H2,1-2H3. The molecule has 37 heavy (non-hydrogen) atoms. The number of unbranched alkanes of at least 4 members (excludes halogenated alkanes) is 1. The van der Waals surface area contributed by atoms with Gasteiger partial charge in [-0.1, -0.05) is 66.7 Å². The van der Waals surface area contributed by atoms with Crippen LogP contribution < -0.4 is 5.32 Å². The van der Waals surface area contributed by atoms with Crippen molar-refractivity contribution in [2.45, 2.75) is 37.6 Å². The largest absolute Gasteiger partial charge is 0.348 e. The first-order chi connectivity index (χ1) is 18.0. The molecule has 192 valence electrons. The fraction of sp³-hybridized carbons (Fsp3) is 0.375. The van der Waals surface area contributed by atoms with E-state index in [4.69, 9.17) is 0 Å². The molecule has 0 saturated heterocycles. The van der Waals surface area contributed by atoms with E-state index in [1.165, 1.54) is 11.1 Å². The minimum absolute atomic E-state index is 0.108. The van der Waals surface area contributed by atoms with Gasteiger partial charge in [-0.3, -0.25) is 9.69 Å². The first-order valence-electron chi connectivity index (χ1n) is 13.3. The minimum Gasteiger partial charge on any atom is -0.348 e. The molecule has 0 bridgehead atoms.